The number of methoxy groups -OCH3 is 1. The number of carbonyl (C=O) groups excluding carboxylic acids is 1. The zero-order valence-corrected chi connectivity index (χ0v) is 21.6. The van der Waals surface area contributed by atoms with Crippen molar-refractivity contribution in [3.63, 3.8) is 0 Å². The second-order valence-corrected chi connectivity index (χ2v) is 9.51. The summed E-state index contributed by atoms with van der Waals surface area (Å²) in [6.07, 6.45) is 0.101. The van der Waals surface area contributed by atoms with Crippen LogP contribution >= 0.6 is 0 Å². The Hall–Kier alpha value is -4.52. The maximum absolute atomic E-state index is 13.2. The lowest BCUT2D eigenvalue weighted by molar-refractivity contribution is -0.141. The molecule has 4 aromatic rings. The molecule has 0 saturated heterocycles. The minimum absolute atomic E-state index is 0.126. The van der Waals surface area contributed by atoms with Gasteiger partial charge in [0.1, 0.15) is 5.75 Å². The van der Waals surface area contributed by atoms with Crippen LogP contribution in [0, 0.1) is 13.8 Å². The third-order valence-corrected chi connectivity index (χ3v) is 6.89. The van der Waals surface area contributed by atoms with Crippen molar-refractivity contribution in [3.05, 3.63) is 95.2 Å². The molecule has 0 fully saturated rings. The molecular formula is C31H29N3O4. The van der Waals surface area contributed by atoms with E-state index in [2.05, 4.69) is 30.3 Å². The number of aryl methyl sites for hydroxylation is 2. The molecule has 1 aliphatic rings. The van der Waals surface area contributed by atoms with E-state index in [1.165, 1.54) is 5.01 Å². The largest absolute Gasteiger partial charge is 0.497 e. The van der Waals surface area contributed by atoms with Crippen molar-refractivity contribution in [3.8, 4) is 16.9 Å². The number of amides is 1. The fourth-order valence-corrected chi connectivity index (χ4v) is 5.06. The van der Waals surface area contributed by atoms with Gasteiger partial charge in [-0.1, -0.05) is 54.6 Å². The van der Waals surface area contributed by atoms with Gasteiger partial charge in [-0.15, -0.1) is 0 Å². The average molecular weight is 508 g/mol. The molecule has 1 aromatic heterocycles. The summed E-state index contributed by atoms with van der Waals surface area (Å²) < 4.78 is 5.31. The molecule has 3 aromatic carbocycles. The highest BCUT2D eigenvalue weighted by Crippen LogP contribution is 2.40. The van der Waals surface area contributed by atoms with E-state index in [4.69, 9.17) is 19.9 Å². The first-order chi connectivity index (χ1) is 18.4. The number of benzene rings is 3. The predicted octanol–water partition coefficient (Wildman–Crippen LogP) is 6.07. The summed E-state index contributed by atoms with van der Waals surface area (Å²) in [4.78, 5) is 29.4. The highest BCUT2D eigenvalue weighted by atomic mass is 16.5. The van der Waals surface area contributed by atoms with Crippen molar-refractivity contribution in [2.45, 2.75) is 39.2 Å². The van der Waals surface area contributed by atoms with Crippen LogP contribution in [0.15, 0.2) is 77.9 Å². The molecule has 0 spiro atoms. The fourth-order valence-electron chi connectivity index (χ4n) is 5.06. The Kier molecular flexibility index (Phi) is 6.92. The molecule has 1 aliphatic heterocycles. The van der Waals surface area contributed by atoms with Gasteiger partial charge in [0.05, 0.1) is 30.8 Å². The summed E-state index contributed by atoms with van der Waals surface area (Å²) in [5.41, 5.74) is 7.49. The molecule has 0 unspecified atom stereocenters. The fraction of sp³-hybridized carbons (Fsp3) is 0.226. The second-order valence-electron chi connectivity index (χ2n) is 9.51. The number of carboxylic acids is 1. The lowest BCUT2D eigenvalue weighted by atomic mass is 9.89. The summed E-state index contributed by atoms with van der Waals surface area (Å²) >= 11 is 0. The van der Waals surface area contributed by atoms with Crippen LogP contribution in [0.4, 0.5) is 0 Å². The SMILES string of the molecule is COc1ccc([C@H]2CC(c3c(C)nc4cc(C)ccc4c3-c3ccccc3)=NN2C(=O)CCC(=O)O)cc1. The maximum Gasteiger partial charge on any atom is 0.303 e. The molecule has 2 heterocycles. The maximum atomic E-state index is 13.2. The minimum atomic E-state index is -1.01. The third-order valence-electron chi connectivity index (χ3n) is 6.89. The standard InChI is InChI=1S/C31H29N3O4/c1-19-9-14-24-25(17-19)32-20(2)30(31(24)22-7-5-4-6-8-22)26-18-27(21-10-12-23(38-3)13-11-21)34(33-26)28(35)15-16-29(36)37/h4-14,17,27H,15-16,18H2,1-3H3,(H,36,37)/t27-/m1/s1. The molecule has 0 radical (unpaired) electrons. The molecule has 38 heavy (non-hydrogen) atoms. The number of nitrogens with zero attached hydrogens (tertiary/aromatic N) is 3. The lowest BCUT2D eigenvalue weighted by Crippen LogP contribution is -2.27. The van der Waals surface area contributed by atoms with Gasteiger partial charge < -0.3 is 9.84 Å². The van der Waals surface area contributed by atoms with Crippen LogP contribution in [0.2, 0.25) is 0 Å². The van der Waals surface area contributed by atoms with E-state index in [1.54, 1.807) is 7.11 Å². The Morgan fingerprint density at radius 3 is 2.39 bits per heavy atom. The average Bonchev–Trinajstić information content (AvgIpc) is 3.36. The van der Waals surface area contributed by atoms with Crippen molar-refractivity contribution in [1.82, 2.24) is 9.99 Å². The van der Waals surface area contributed by atoms with Crippen molar-refractivity contribution in [2.24, 2.45) is 5.10 Å². The number of hydrazone groups is 1. The van der Waals surface area contributed by atoms with Crippen LogP contribution in [0.1, 0.15) is 47.7 Å². The first kappa shape index (κ1) is 25.1. The summed E-state index contributed by atoms with van der Waals surface area (Å²) in [6, 6.07) is 23.6. The van der Waals surface area contributed by atoms with Crippen LogP contribution in [0.25, 0.3) is 22.0 Å². The molecule has 0 aliphatic carbocycles. The van der Waals surface area contributed by atoms with E-state index in [1.807, 2.05) is 56.3 Å². The van der Waals surface area contributed by atoms with E-state index in [-0.39, 0.29) is 24.8 Å². The number of fused-ring (bicyclic) bond motifs is 1. The van der Waals surface area contributed by atoms with Gasteiger partial charge in [0.25, 0.3) is 0 Å². The number of carbonyl (C=O) groups is 2. The van der Waals surface area contributed by atoms with Gasteiger partial charge in [0.2, 0.25) is 5.91 Å². The molecule has 5 rings (SSSR count). The van der Waals surface area contributed by atoms with Crippen LogP contribution in [-0.2, 0) is 9.59 Å². The molecule has 1 amide bonds. The topological polar surface area (TPSA) is 92.1 Å². The number of aromatic nitrogens is 1. The summed E-state index contributed by atoms with van der Waals surface area (Å²) in [5, 5.41) is 16.5. The Labute approximate surface area is 221 Å². The molecule has 0 saturated carbocycles. The van der Waals surface area contributed by atoms with E-state index in [0.29, 0.717) is 12.2 Å². The Morgan fingerprint density at radius 2 is 1.71 bits per heavy atom. The molecule has 1 atom stereocenters. The van der Waals surface area contributed by atoms with E-state index in [0.717, 1.165) is 50.1 Å². The summed E-state index contributed by atoms with van der Waals surface area (Å²) in [7, 11) is 1.61. The molecule has 0 bridgehead atoms. The quantitative estimate of drug-likeness (QED) is 0.328. The third kappa shape index (κ3) is 4.87. The number of aliphatic carboxylic acids is 1. The van der Waals surface area contributed by atoms with Gasteiger partial charge in [0.15, 0.2) is 0 Å². The second kappa shape index (κ2) is 10.5. The van der Waals surface area contributed by atoms with Gasteiger partial charge in [-0.05, 0) is 48.7 Å². The Morgan fingerprint density at radius 1 is 0.974 bits per heavy atom. The van der Waals surface area contributed by atoms with Crippen LogP contribution < -0.4 is 4.74 Å². The van der Waals surface area contributed by atoms with Crippen LogP contribution in [0.5, 0.6) is 5.75 Å². The molecule has 1 N–H and O–H groups in total. The minimum Gasteiger partial charge on any atom is -0.497 e. The predicted molar refractivity (Wildman–Crippen MR) is 147 cm³/mol. The van der Waals surface area contributed by atoms with Gasteiger partial charge in [0, 0.05) is 35.0 Å². The van der Waals surface area contributed by atoms with Crippen molar-refractivity contribution >= 4 is 28.5 Å². The van der Waals surface area contributed by atoms with Crippen LogP contribution in [-0.4, -0.2) is 39.8 Å². The molecule has 7 nitrogen and oxygen atoms in total. The van der Waals surface area contributed by atoms with E-state index < -0.39 is 5.97 Å². The van der Waals surface area contributed by atoms with Gasteiger partial charge >= 0.3 is 5.97 Å². The van der Waals surface area contributed by atoms with Crippen molar-refractivity contribution in [2.75, 3.05) is 7.11 Å². The number of rotatable bonds is 7. The first-order valence-corrected chi connectivity index (χ1v) is 12.6. The molecule has 7 heteroatoms. The Bertz CT molecular complexity index is 1550. The van der Waals surface area contributed by atoms with E-state index in [9.17, 15) is 9.59 Å². The molecule has 192 valence electrons. The van der Waals surface area contributed by atoms with Gasteiger partial charge in [-0.2, -0.15) is 5.10 Å². The first-order valence-electron chi connectivity index (χ1n) is 12.6. The number of hydrogen-bond acceptors (Lipinski definition) is 5. The van der Waals surface area contributed by atoms with Crippen molar-refractivity contribution in [1.29, 1.82) is 0 Å². The van der Waals surface area contributed by atoms with Crippen LogP contribution in [0.3, 0.4) is 0 Å². The van der Waals surface area contributed by atoms with E-state index >= 15 is 0 Å². The normalized spacial score (nSPS) is 15.0. The van der Waals surface area contributed by atoms with Crippen molar-refractivity contribution < 1.29 is 19.4 Å². The summed E-state index contributed by atoms with van der Waals surface area (Å²) in [6.45, 7) is 4.02. The smallest absolute Gasteiger partial charge is 0.303 e. The highest BCUT2D eigenvalue weighted by Gasteiger charge is 2.35. The number of hydrogen-bond donors (Lipinski definition) is 1. The highest BCUT2D eigenvalue weighted by molar-refractivity contribution is 6.14. The number of carboxylic acid groups (broad SMARTS) is 1. The van der Waals surface area contributed by atoms with Gasteiger partial charge in [-0.3, -0.25) is 14.6 Å². The zero-order chi connectivity index (χ0) is 26.8. The zero-order valence-electron chi connectivity index (χ0n) is 21.6. The monoisotopic (exact) mass is 507 g/mol. The lowest BCUT2D eigenvalue weighted by Gasteiger charge is -2.22. The molecular weight excluding hydrogens is 478 g/mol. The van der Waals surface area contributed by atoms with Gasteiger partial charge in [-0.25, -0.2) is 5.01 Å². The summed E-state index contributed by atoms with van der Waals surface area (Å²) in [5.74, 6) is -0.627. The number of ether oxygens (including phenoxy) is 1. The number of pyridine rings is 1. The Balaban J connectivity index is 1.67.